The molecule has 9 heteroatoms. The zero-order valence-electron chi connectivity index (χ0n) is 15.5. The maximum atomic E-state index is 12.5. The Bertz CT molecular complexity index is 998. The molecule has 29 heavy (non-hydrogen) atoms. The highest BCUT2D eigenvalue weighted by Crippen LogP contribution is 2.31. The van der Waals surface area contributed by atoms with E-state index < -0.39 is 15.9 Å². The van der Waals surface area contributed by atoms with Crippen molar-refractivity contribution in [3.05, 3.63) is 64.4 Å². The Labute approximate surface area is 179 Å². The number of sulfone groups is 1. The smallest absolute Gasteiger partial charge is 0.266 e. The third-order valence-corrected chi connectivity index (χ3v) is 7.06. The number of allylic oxidation sites excluding steroid dienone is 2. The Morgan fingerprint density at radius 2 is 2.07 bits per heavy atom. The number of nitrogens with one attached hydrogen (secondary N) is 1. The van der Waals surface area contributed by atoms with Gasteiger partial charge in [-0.25, -0.2) is 8.42 Å². The van der Waals surface area contributed by atoms with Gasteiger partial charge < -0.3 is 5.32 Å². The van der Waals surface area contributed by atoms with Crippen molar-refractivity contribution in [2.75, 3.05) is 12.3 Å². The van der Waals surface area contributed by atoms with Crippen LogP contribution in [0.5, 0.6) is 0 Å². The monoisotopic (exact) mass is 448 g/mol. The number of thioether (sulfide) groups is 1. The first kappa shape index (κ1) is 21.5. The summed E-state index contributed by atoms with van der Waals surface area (Å²) in [6.45, 7) is 0.344. The maximum Gasteiger partial charge on any atom is 0.266 e. The van der Waals surface area contributed by atoms with Crippen molar-refractivity contribution in [2.45, 2.75) is 18.9 Å². The summed E-state index contributed by atoms with van der Waals surface area (Å²) < 4.78 is 23.2. The van der Waals surface area contributed by atoms with Gasteiger partial charge in [-0.15, -0.1) is 0 Å². The van der Waals surface area contributed by atoms with Gasteiger partial charge in [-0.05, 0) is 24.1 Å². The van der Waals surface area contributed by atoms with Crippen LogP contribution < -0.4 is 5.32 Å². The molecule has 0 saturated carbocycles. The minimum atomic E-state index is -3.20. The van der Waals surface area contributed by atoms with Gasteiger partial charge >= 0.3 is 0 Å². The first-order chi connectivity index (χ1) is 13.8. The number of thiocarbonyl (C=S) groups is 1. The number of rotatable bonds is 7. The molecule has 152 valence electrons. The third kappa shape index (κ3) is 6.12. The topological polar surface area (TPSA) is 83.6 Å². The minimum absolute atomic E-state index is 0.102. The van der Waals surface area contributed by atoms with Gasteiger partial charge in [0.15, 0.2) is 9.84 Å². The van der Waals surface area contributed by atoms with Crippen LogP contribution in [0, 0.1) is 0 Å². The van der Waals surface area contributed by atoms with Crippen LogP contribution >= 0.6 is 24.0 Å². The normalized spacial score (nSPS) is 22.1. The van der Waals surface area contributed by atoms with Crippen LogP contribution in [0.3, 0.4) is 0 Å². The first-order valence-electron chi connectivity index (χ1n) is 9.01. The minimum Gasteiger partial charge on any atom is -0.349 e. The molecule has 2 amide bonds. The average Bonchev–Trinajstić information content (AvgIpc) is 3.15. The fourth-order valence-corrected chi connectivity index (χ4v) is 5.36. The van der Waals surface area contributed by atoms with Crippen LogP contribution in [0.15, 0.2) is 58.9 Å². The van der Waals surface area contributed by atoms with Crippen molar-refractivity contribution in [1.29, 1.82) is 0 Å². The second kappa shape index (κ2) is 9.51. The van der Waals surface area contributed by atoms with E-state index in [9.17, 15) is 18.0 Å². The summed E-state index contributed by atoms with van der Waals surface area (Å²) in [7, 11) is -3.20. The van der Waals surface area contributed by atoms with Crippen molar-refractivity contribution < 1.29 is 18.0 Å². The number of amides is 2. The fraction of sp³-hybridized carbons (Fsp3) is 0.250. The molecule has 2 aliphatic heterocycles. The highest BCUT2D eigenvalue weighted by Gasteiger charge is 2.31. The molecule has 1 unspecified atom stereocenters. The number of nitrogens with zero attached hydrogens (tertiary/aromatic N) is 1. The van der Waals surface area contributed by atoms with E-state index in [0.717, 1.165) is 11.0 Å². The number of carbonyl (C=O) groups is 2. The molecular formula is C20H20N2O4S3. The summed E-state index contributed by atoms with van der Waals surface area (Å²) in [6, 6.07) is 9.28. The van der Waals surface area contributed by atoms with Crippen molar-refractivity contribution in [3.8, 4) is 0 Å². The molecule has 0 bridgehead atoms. The molecule has 3 rings (SSSR count). The van der Waals surface area contributed by atoms with Gasteiger partial charge in [0.05, 0.1) is 16.7 Å². The summed E-state index contributed by atoms with van der Waals surface area (Å²) in [5.41, 5.74) is 1.04. The van der Waals surface area contributed by atoms with Crippen LogP contribution in [0.4, 0.5) is 0 Å². The Balaban J connectivity index is 1.46. The van der Waals surface area contributed by atoms with Crippen LogP contribution in [0.25, 0.3) is 6.08 Å². The second-order valence-electron chi connectivity index (χ2n) is 6.56. The summed E-state index contributed by atoms with van der Waals surface area (Å²) >= 11 is 6.53. The molecule has 0 aliphatic carbocycles. The van der Waals surface area contributed by atoms with Gasteiger partial charge in [0, 0.05) is 18.4 Å². The summed E-state index contributed by atoms with van der Waals surface area (Å²) in [5.74, 6) is -0.513. The largest absolute Gasteiger partial charge is 0.349 e. The predicted octanol–water partition coefficient (Wildman–Crippen LogP) is 2.65. The number of carbonyl (C=O) groups excluding carboxylic acids is 2. The van der Waals surface area contributed by atoms with E-state index in [-0.39, 0.29) is 24.0 Å². The lowest BCUT2D eigenvalue weighted by Crippen LogP contribution is -2.36. The summed E-state index contributed by atoms with van der Waals surface area (Å²) in [6.07, 6.45) is 7.57. The lowest BCUT2D eigenvalue weighted by Gasteiger charge is -2.15. The van der Waals surface area contributed by atoms with Crippen molar-refractivity contribution >= 4 is 56.0 Å². The SMILES string of the molecule is O=C(CCCN1C(=O)/C(=C/C=C/c2ccccc2)SC1=S)NC1C=CS(=O)(=O)C1. The van der Waals surface area contributed by atoms with Gasteiger partial charge in [0.2, 0.25) is 5.91 Å². The molecule has 0 radical (unpaired) electrons. The zero-order valence-corrected chi connectivity index (χ0v) is 17.9. The van der Waals surface area contributed by atoms with E-state index >= 15 is 0 Å². The quantitative estimate of drug-likeness (QED) is 0.510. The molecule has 1 fully saturated rings. The molecule has 6 nitrogen and oxygen atoms in total. The Hall–Kier alpha value is -2.23. The number of benzene rings is 1. The second-order valence-corrected chi connectivity index (χ2v) is 10.2. The molecule has 0 spiro atoms. The van der Waals surface area contributed by atoms with Gasteiger partial charge in [-0.3, -0.25) is 14.5 Å². The molecular weight excluding hydrogens is 428 g/mol. The standard InChI is InChI=1S/C20H20N2O4S3/c23-18(21-16-11-13-29(25,26)14-16)10-5-12-22-19(24)17(28-20(22)27)9-4-8-15-6-2-1-3-7-15/h1-4,6-9,11,13,16H,5,10,12,14H2,(H,21,23)/b8-4+,17-9-. The Kier molecular flexibility index (Phi) is 7.05. The molecule has 0 aromatic heterocycles. The van der Waals surface area contributed by atoms with E-state index in [0.29, 0.717) is 22.2 Å². The van der Waals surface area contributed by atoms with Crippen LogP contribution in [0.1, 0.15) is 18.4 Å². The van der Waals surface area contributed by atoms with Gasteiger partial charge in [-0.1, -0.05) is 66.5 Å². The van der Waals surface area contributed by atoms with Gasteiger partial charge in [-0.2, -0.15) is 0 Å². The van der Waals surface area contributed by atoms with E-state index in [4.69, 9.17) is 12.2 Å². The van der Waals surface area contributed by atoms with Crippen LogP contribution in [-0.2, 0) is 19.4 Å². The Morgan fingerprint density at radius 1 is 1.31 bits per heavy atom. The number of hydrogen-bond acceptors (Lipinski definition) is 6. The summed E-state index contributed by atoms with van der Waals surface area (Å²) in [4.78, 5) is 26.6. The van der Waals surface area contributed by atoms with E-state index in [1.165, 1.54) is 22.7 Å². The molecule has 2 heterocycles. The number of hydrogen-bond donors (Lipinski definition) is 1. The van der Waals surface area contributed by atoms with E-state index in [1.807, 2.05) is 42.5 Å². The lowest BCUT2D eigenvalue weighted by molar-refractivity contribution is -0.124. The van der Waals surface area contributed by atoms with Crippen molar-refractivity contribution in [2.24, 2.45) is 0 Å². The maximum absolute atomic E-state index is 12.5. The average molecular weight is 449 g/mol. The van der Waals surface area contributed by atoms with Crippen molar-refractivity contribution in [3.63, 3.8) is 0 Å². The molecule has 1 N–H and O–H groups in total. The van der Waals surface area contributed by atoms with Crippen LogP contribution in [0.2, 0.25) is 0 Å². The first-order valence-corrected chi connectivity index (χ1v) is 12.0. The predicted molar refractivity (Wildman–Crippen MR) is 120 cm³/mol. The fourth-order valence-electron chi connectivity index (χ4n) is 2.86. The van der Waals surface area contributed by atoms with Crippen molar-refractivity contribution in [1.82, 2.24) is 10.2 Å². The third-order valence-electron chi connectivity index (χ3n) is 4.27. The van der Waals surface area contributed by atoms with E-state index in [2.05, 4.69) is 5.32 Å². The van der Waals surface area contributed by atoms with Crippen LogP contribution in [-0.4, -0.2) is 47.8 Å². The molecule has 1 atom stereocenters. The molecule has 1 saturated heterocycles. The molecule has 1 aromatic rings. The summed E-state index contributed by atoms with van der Waals surface area (Å²) in [5, 5.41) is 3.79. The highest BCUT2D eigenvalue weighted by molar-refractivity contribution is 8.26. The molecule has 2 aliphatic rings. The van der Waals surface area contributed by atoms with Gasteiger partial charge in [0.1, 0.15) is 4.32 Å². The Morgan fingerprint density at radius 3 is 2.76 bits per heavy atom. The van der Waals surface area contributed by atoms with E-state index in [1.54, 1.807) is 6.08 Å². The van der Waals surface area contributed by atoms with Gasteiger partial charge in [0.25, 0.3) is 5.91 Å². The molecule has 1 aromatic carbocycles. The zero-order chi connectivity index (χ0) is 20.9. The lowest BCUT2D eigenvalue weighted by atomic mass is 10.2. The highest BCUT2D eigenvalue weighted by atomic mass is 32.2.